The lowest BCUT2D eigenvalue weighted by molar-refractivity contribution is -0.0541. The number of aromatic amines is 1. The molecule has 0 bridgehead atoms. The van der Waals surface area contributed by atoms with Gasteiger partial charge in [0.05, 0.1) is 27.9 Å². The molecule has 5 aromatic rings. The van der Waals surface area contributed by atoms with Crippen LogP contribution in [0.15, 0.2) is 78.2 Å². The van der Waals surface area contributed by atoms with Crippen LogP contribution in [-0.4, -0.2) is 45.7 Å². The summed E-state index contributed by atoms with van der Waals surface area (Å²) in [5.41, 5.74) is 1.53. The normalized spacial score (nSPS) is 11.6. The molecule has 0 aliphatic rings. The highest BCUT2D eigenvalue weighted by molar-refractivity contribution is 7.91. The highest BCUT2D eigenvalue weighted by Crippen LogP contribution is 2.40. The SMILES string of the molecule is CCS(=O)(=O)c1ccc(Oc2cc3[nH]c(-c4cnccn4)nc3cc2Oc2cccnc2OC(F)F)cc1. The highest BCUT2D eigenvalue weighted by Gasteiger charge is 2.19. The number of fused-ring (bicyclic) bond motifs is 1. The average molecular weight is 540 g/mol. The van der Waals surface area contributed by atoms with Crippen LogP contribution in [0.1, 0.15) is 6.92 Å². The van der Waals surface area contributed by atoms with Gasteiger partial charge in [-0.1, -0.05) is 6.92 Å². The lowest BCUT2D eigenvalue weighted by Gasteiger charge is -2.14. The number of rotatable bonds is 9. The molecule has 10 nitrogen and oxygen atoms in total. The van der Waals surface area contributed by atoms with E-state index in [1.54, 1.807) is 25.3 Å². The maximum absolute atomic E-state index is 12.9. The zero-order valence-corrected chi connectivity index (χ0v) is 20.5. The molecule has 0 aliphatic carbocycles. The number of H-pyrrole nitrogens is 1. The first-order chi connectivity index (χ1) is 18.3. The third kappa shape index (κ3) is 5.37. The van der Waals surface area contributed by atoms with E-state index < -0.39 is 22.3 Å². The molecule has 0 saturated heterocycles. The molecule has 0 unspecified atom stereocenters. The second kappa shape index (κ2) is 10.4. The monoisotopic (exact) mass is 539 g/mol. The number of sulfone groups is 1. The molecule has 0 saturated carbocycles. The fourth-order valence-electron chi connectivity index (χ4n) is 3.47. The molecule has 1 N–H and O–H groups in total. The fraction of sp³-hybridized carbons (Fsp3) is 0.120. The van der Waals surface area contributed by atoms with E-state index in [2.05, 4.69) is 29.7 Å². The molecule has 0 amide bonds. The van der Waals surface area contributed by atoms with Crippen molar-refractivity contribution in [3.63, 3.8) is 0 Å². The topological polar surface area (TPSA) is 129 Å². The quantitative estimate of drug-likeness (QED) is 0.262. The van der Waals surface area contributed by atoms with Gasteiger partial charge in [-0.3, -0.25) is 4.98 Å². The molecule has 38 heavy (non-hydrogen) atoms. The Morgan fingerprint density at radius 3 is 2.45 bits per heavy atom. The minimum absolute atomic E-state index is 0.0378. The molecule has 0 aliphatic heterocycles. The van der Waals surface area contributed by atoms with Crippen LogP contribution >= 0.6 is 0 Å². The Balaban J connectivity index is 1.56. The van der Waals surface area contributed by atoms with Crippen LogP contribution in [0.4, 0.5) is 8.78 Å². The lowest BCUT2D eigenvalue weighted by Crippen LogP contribution is -2.05. The van der Waals surface area contributed by atoms with E-state index in [1.807, 2.05) is 0 Å². The molecule has 0 atom stereocenters. The summed E-state index contributed by atoms with van der Waals surface area (Å²) < 4.78 is 66.5. The van der Waals surface area contributed by atoms with Gasteiger partial charge in [-0.15, -0.1) is 0 Å². The van der Waals surface area contributed by atoms with Gasteiger partial charge in [-0.2, -0.15) is 8.78 Å². The predicted octanol–water partition coefficient (Wildman–Crippen LogP) is 5.39. The summed E-state index contributed by atoms with van der Waals surface area (Å²) in [6.07, 6.45) is 5.90. The Morgan fingerprint density at radius 1 is 0.947 bits per heavy atom. The van der Waals surface area contributed by atoms with Crippen molar-refractivity contribution in [3.05, 3.63) is 73.3 Å². The number of pyridine rings is 1. The second-order valence-electron chi connectivity index (χ2n) is 7.76. The zero-order chi connectivity index (χ0) is 26.7. The number of aromatic nitrogens is 5. The fourth-order valence-corrected chi connectivity index (χ4v) is 4.36. The number of alkyl halides is 2. The molecule has 0 spiro atoms. The Hall–Kier alpha value is -4.65. The number of benzene rings is 2. The molecule has 13 heteroatoms. The van der Waals surface area contributed by atoms with Gasteiger partial charge < -0.3 is 19.2 Å². The minimum Gasteiger partial charge on any atom is -0.453 e. The van der Waals surface area contributed by atoms with Crippen molar-refractivity contribution in [2.75, 3.05) is 5.75 Å². The minimum atomic E-state index is -3.39. The summed E-state index contributed by atoms with van der Waals surface area (Å²) in [6.45, 7) is -1.55. The molecule has 3 heterocycles. The Labute approximate surface area is 215 Å². The molecular formula is C25H19F2N5O5S. The smallest absolute Gasteiger partial charge is 0.388 e. The number of imidazole rings is 1. The maximum atomic E-state index is 12.9. The summed E-state index contributed by atoms with van der Waals surface area (Å²) in [5.74, 6) is 0.527. The van der Waals surface area contributed by atoms with E-state index in [0.717, 1.165) is 0 Å². The third-order valence-electron chi connectivity index (χ3n) is 5.30. The molecule has 0 radical (unpaired) electrons. The van der Waals surface area contributed by atoms with E-state index in [-0.39, 0.29) is 27.9 Å². The van der Waals surface area contributed by atoms with Gasteiger partial charge >= 0.3 is 6.61 Å². The summed E-state index contributed by atoms with van der Waals surface area (Å²) in [4.78, 5) is 19.9. The molecule has 2 aromatic carbocycles. The van der Waals surface area contributed by atoms with Crippen molar-refractivity contribution in [1.82, 2.24) is 24.9 Å². The number of nitrogens with zero attached hydrogens (tertiary/aromatic N) is 4. The van der Waals surface area contributed by atoms with Crippen molar-refractivity contribution in [2.45, 2.75) is 18.4 Å². The molecule has 0 fully saturated rings. The van der Waals surface area contributed by atoms with Gasteiger partial charge in [0.2, 0.25) is 0 Å². The largest absolute Gasteiger partial charge is 0.453 e. The van der Waals surface area contributed by atoms with Gasteiger partial charge in [-0.05, 0) is 36.4 Å². The van der Waals surface area contributed by atoms with Crippen LogP contribution in [0.5, 0.6) is 28.9 Å². The van der Waals surface area contributed by atoms with Gasteiger partial charge in [0.15, 0.2) is 32.9 Å². The number of nitrogens with one attached hydrogen (secondary N) is 1. The highest BCUT2D eigenvalue weighted by atomic mass is 32.2. The average Bonchev–Trinajstić information content (AvgIpc) is 3.33. The first-order valence-electron chi connectivity index (χ1n) is 11.2. The Morgan fingerprint density at radius 2 is 1.74 bits per heavy atom. The van der Waals surface area contributed by atoms with Crippen LogP contribution in [0.2, 0.25) is 0 Å². The van der Waals surface area contributed by atoms with Gasteiger partial charge in [0.1, 0.15) is 11.4 Å². The maximum Gasteiger partial charge on any atom is 0.388 e. The van der Waals surface area contributed by atoms with Crippen molar-refractivity contribution < 1.29 is 31.4 Å². The van der Waals surface area contributed by atoms with Gasteiger partial charge in [0, 0.05) is 30.7 Å². The molecule has 3 aromatic heterocycles. The van der Waals surface area contributed by atoms with Crippen molar-refractivity contribution in [3.8, 4) is 40.4 Å². The van der Waals surface area contributed by atoms with E-state index in [4.69, 9.17) is 9.47 Å². The third-order valence-corrected chi connectivity index (χ3v) is 7.05. The summed E-state index contributed by atoms with van der Waals surface area (Å²) in [6, 6.07) is 12.0. The predicted molar refractivity (Wildman–Crippen MR) is 132 cm³/mol. The van der Waals surface area contributed by atoms with E-state index in [1.165, 1.54) is 55.0 Å². The number of hydrogen-bond donors (Lipinski definition) is 1. The van der Waals surface area contributed by atoms with Crippen molar-refractivity contribution in [1.29, 1.82) is 0 Å². The number of halogens is 2. The van der Waals surface area contributed by atoms with Crippen LogP contribution in [0.25, 0.3) is 22.6 Å². The molecular weight excluding hydrogens is 520 g/mol. The van der Waals surface area contributed by atoms with Crippen LogP contribution < -0.4 is 14.2 Å². The zero-order valence-electron chi connectivity index (χ0n) is 19.7. The van der Waals surface area contributed by atoms with E-state index >= 15 is 0 Å². The number of ether oxygens (including phenoxy) is 3. The van der Waals surface area contributed by atoms with Crippen LogP contribution in [0, 0.1) is 0 Å². The molecule has 5 rings (SSSR count). The lowest BCUT2D eigenvalue weighted by atomic mass is 10.2. The van der Waals surface area contributed by atoms with Gasteiger partial charge in [0.25, 0.3) is 5.88 Å². The Bertz CT molecular complexity index is 1680. The van der Waals surface area contributed by atoms with E-state index in [0.29, 0.717) is 28.3 Å². The summed E-state index contributed by atoms with van der Waals surface area (Å²) >= 11 is 0. The first-order valence-corrected chi connectivity index (χ1v) is 12.9. The Kier molecular flexibility index (Phi) is 6.83. The standard InChI is InChI=1S/C25H19F2N5O5S/c1-2-38(33,34)16-7-5-15(6-8-16)35-21-12-17-18(32-23(31-17)19-14-28-10-11-29-19)13-22(21)36-20-4-3-9-30-24(20)37-25(26)27/h3-14,25H,2H2,1H3,(H,31,32). The van der Waals surface area contributed by atoms with Crippen LogP contribution in [-0.2, 0) is 9.84 Å². The second-order valence-corrected chi connectivity index (χ2v) is 10.0. The molecule has 194 valence electrons. The summed E-state index contributed by atoms with van der Waals surface area (Å²) in [7, 11) is -3.39. The first kappa shape index (κ1) is 25.0. The van der Waals surface area contributed by atoms with E-state index in [9.17, 15) is 17.2 Å². The van der Waals surface area contributed by atoms with Crippen molar-refractivity contribution in [2.24, 2.45) is 0 Å². The van der Waals surface area contributed by atoms with Crippen LogP contribution in [0.3, 0.4) is 0 Å². The van der Waals surface area contributed by atoms with Crippen molar-refractivity contribution >= 4 is 20.9 Å². The van der Waals surface area contributed by atoms with Gasteiger partial charge in [-0.25, -0.2) is 23.4 Å². The summed E-state index contributed by atoms with van der Waals surface area (Å²) in [5, 5.41) is 0. The number of hydrogen-bond acceptors (Lipinski definition) is 9.